The highest BCUT2D eigenvalue weighted by Gasteiger charge is 2.21. The zero-order chi connectivity index (χ0) is 14.4. The Bertz CT molecular complexity index is 835. The minimum Gasteiger partial charge on any atom is -0.340 e. The Morgan fingerprint density at radius 2 is 2.00 bits per heavy atom. The summed E-state index contributed by atoms with van der Waals surface area (Å²) < 4.78 is 0. The Balaban J connectivity index is 1.81. The summed E-state index contributed by atoms with van der Waals surface area (Å²) in [5, 5.41) is 4.72. The van der Waals surface area contributed by atoms with Gasteiger partial charge in [0.2, 0.25) is 0 Å². The van der Waals surface area contributed by atoms with Gasteiger partial charge in [0.05, 0.1) is 5.39 Å². The van der Waals surface area contributed by atoms with E-state index >= 15 is 0 Å². The largest absolute Gasteiger partial charge is 0.340 e. The van der Waals surface area contributed by atoms with Gasteiger partial charge in [-0.2, -0.15) is 0 Å². The summed E-state index contributed by atoms with van der Waals surface area (Å²) in [5.41, 5.74) is 5.16. The molecule has 4 rings (SSSR count). The lowest BCUT2D eigenvalue weighted by Gasteiger charge is -2.09. The van der Waals surface area contributed by atoms with Crippen molar-refractivity contribution < 1.29 is 0 Å². The summed E-state index contributed by atoms with van der Waals surface area (Å²) >= 11 is 1.83. The summed E-state index contributed by atoms with van der Waals surface area (Å²) in [6, 6.07) is 6.44. The molecule has 0 unspecified atom stereocenters. The monoisotopic (exact) mass is 295 g/mol. The Morgan fingerprint density at radius 3 is 2.86 bits per heavy atom. The summed E-state index contributed by atoms with van der Waals surface area (Å²) in [5.74, 6) is 0.947. The van der Waals surface area contributed by atoms with Crippen LogP contribution in [0.1, 0.15) is 28.0 Å². The smallest absolute Gasteiger partial charge is 0.142 e. The molecule has 1 aliphatic rings. The van der Waals surface area contributed by atoms with Gasteiger partial charge < -0.3 is 5.32 Å². The van der Waals surface area contributed by atoms with Crippen LogP contribution >= 0.6 is 11.3 Å². The minimum atomic E-state index is 0.947. The van der Waals surface area contributed by atoms with Crippen LogP contribution in [-0.4, -0.2) is 9.97 Å². The molecule has 0 atom stereocenters. The van der Waals surface area contributed by atoms with Gasteiger partial charge in [0.25, 0.3) is 0 Å². The number of nitrogens with one attached hydrogen (secondary N) is 1. The predicted octanol–water partition coefficient (Wildman–Crippen LogP) is 4.54. The van der Waals surface area contributed by atoms with Crippen LogP contribution in [0.3, 0.4) is 0 Å². The van der Waals surface area contributed by atoms with Gasteiger partial charge in [-0.1, -0.05) is 6.07 Å². The molecular weight excluding hydrogens is 278 g/mol. The number of fused-ring (bicyclic) bond motifs is 3. The van der Waals surface area contributed by atoms with Crippen molar-refractivity contribution in [3.05, 3.63) is 46.1 Å². The standard InChI is InChI=1S/C17H17N3S/c1-10-6-7-12(8-11(10)2)20-16-15-13-4-3-5-14(13)21-17(15)19-9-18-16/h6-9H,3-5H2,1-2H3,(H,18,19,20). The van der Waals surface area contributed by atoms with Gasteiger partial charge >= 0.3 is 0 Å². The molecule has 1 N–H and O–H groups in total. The Morgan fingerprint density at radius 1 is 1.10 bits per heavy atom. The van der Waals surface area contributed by atoms with E-state index in [1.54, 1.807) is 6.33 Å². The molecular formula is C17H17N3S. The number of anilines is 2. The molecule has 0 spiro atoms. The third-order valence-electron chi connectivity index (χ3n) is 4.27. The van der Waals surface area contributed by atoms with E-state index in [1.165, 1.54) is 39.8 Å². The van der Waals surface area contributed by atoms with Crippen LogP contribution in [0.2, 0.25) is 0 Å². The van der Waals surface area contributed by atoms with E-state index in [-0.39, 0.29) is 0 Å². The van der Waals surface area contributed by atoms with Crippen molar-refractivity contribution in [3.63, 3.8) is 0 Å². The van der Waals surface area contributed by atoms with Crippen molar-refractivity contribution in [2.24, 2.45) is 0 Å². The Kier molecular flexibility index (Phi) is 2.93. The van der Waals surface area contributed by atoms with E-state index in [4.69, 9.17) is 0 Å². The second-order valence-corrected chi connectivity index (χ2v) is 6.77. The number of hydrogen-bond donors (Lipinski definition) is 1. The second-order valence-electron chi connectivity index (χ2n) is 5.68. The first-order valence-electron chi connectivity index (χ1n) is 7.32. The number of hydrogen-bond acceptors (Lipinski definition) is 4. The van der Waals surface area contributed by atoms with Crippen LogP contribution in [-0.2, 0) is 12.8 Å². The predicted molar refractivity (Wildman–Crippen MR) is 88.6 cm³/mol. The SMILES string of the molecule is Cc1ccc(Nc2ncnc3sc4c(c23)CCC4)cc1C. The van der Waals surface area contributed by atoms with Crippen LogP contribution in [0.25, 0.3) is 10.2 Å². The number of nitrogens with zero attached hydrogens (tertiary/aromatic N) is 2. The minimum absolute atomic E-state index is 0.947. The van der Waals surface area contributed by atoms with Gasteiger partial charge in [-0.05, 0) is 61.9 Å². The van der Waals surface area contributed by atoms with Gasteiger partial charge in [-0.15, -0.1) is 11.3 Å². The van der Waals surface area contributed by atoms with Crippen LogP contribution in [0.4, 0.5) is 11.5 Å². The maximum absolute atomic E-state index is 4.49. The van der Waals surface area contributed by atoms with E-state index in [2.05, 4.69) is 47.3 Å². The number of rotatable bonds is 2. The first-order valence-corrected chi connectivity index (χ1v) is 8.13. The molecule has 3 nitrogen and oxygen atoms in total. The van der Waals surface area contributed by atoms with Crippen LogP contribution < -0.4 is 5.32 Å². The van der Waals surface area contributed by atoms with Crippen molar-refractivity contribution in [1.29, 1.82) is 0 Å². The Labute approximate surface area is 128 Å². The molecule has 106 valence electrons. The Hall–Kier alpha value is -1.94. The molecule has 0 radical (unpaired) electrons. The molecule has 2 heterocycles. The number of thiophene rings is 1. The molecule has 1 aromatic carbocycles. The van der Waals surface area contributed by atoms with E-state index in [0.29, 0.717) is 0 Å². The van der Waals surface area contributed by atoms with Crippen molar-refractivity contribution in [1.82, 2.24) is 9.97 Å². The summed E-state index contributed by atoms with van der Waals surface area (Å²) in [4.78, 5) is 11.5. The van der Waals surface area contributed by atoms with E-state index < -0.39 is 0 Å². The fourth-order valence-corrected chi connectivity index (χ4v) is 4.21. The van der Waals surface area contributed by atoms with Gasteiger partial charge in [0.1, 0.15) is 17.0 Å². The zero-order valence-corrected chi connectivity index (χ0v) is 13.0. The molecule has 0 aliphatic heterocycles. The highest BCUT2D eigenvalue weighted by Crippen LogP contribution is 2.39. The van der Waals surface area contributed by atoms with Gasteiger partial charge in [0.15, 0.2) is 0 Å². The van der Waals surface area contributed by atoms with Crippen LogP contribution in [0.5, 0.6) is 0 Å². The van der Waals surface area contributed by atoms with Crippen molar-refractivity contribution >= 4 is 33.1 Å². The zero-order valence-electron chi connectivity index (χ0n) is 12.2. The molecule has 0 saturated carbocycles. The van der Waals surface area contributed by atoms with Crippen LogP contribution in [0, 0.1) is 13.8 Å². The molecule has 0 amide bonds. The maximum atomic E-state index is 4.49. The lowest BCUT2D eigenvalue weighted by Crippen LogP contribution is -1.97. The molecule has 0 fully saturated rings. The molecule has 2 aromatic heterocycles. The first kappa shape index (κ1) is 12.8. The lowest BCUT2D eigenvalue weighted by atomic mass is 10.1. The van der Waals surface area contributed by atoms with E-state index in [9.17, 15) is 0 Å². The van der Waals surface area contributed by atoms with Gasteiger partial charge in [0, 0.05) is 10.6 Å². The maximum Gasteiger partial charge on any atom is 0.142 e. The lowest BCUT2D eigenvalue weighted by molar-refractivity contribution is 0.917. The van der Waals surface area contributed by atoms with Gasteiger partial charge in [-0.3, -0.25) is 0 Å². The third-order valence-corrected chi connectivity index (χ3v) is 5.47. The van der Waals surface area contributed by atoms with E-state index in [0.717, 1.165) is 22.8 Å². The topological polar surface area (TPSA) is 37.8 Å². The summed E-state index contributed by atoms with van der Waals surface area (Å²) in [7, 11) is 0. The average molecular weight is 295 g/mol. The van der Waals surface area contributed by atoms with Crippen molar-refractivity contribution in [2.75, 3.05) is 5.32 Å². The molecule has 3 aromatic rings. The number of aromatic nitrogens is 2. The van der Waals surface area contributed by atoms with Crippen molar-refractivity contribution in [2.45, 2.75) is 33.1 Å². The highest BCUT2D eigenvalue weighted by molar-refractivity contribution is 7.19. The molecule has 21 heavy (non-hydrogen) atoms. The number of benzene rings is 1. The second kappa shape index (κ2) is 4.81. The fourth-order valence-electron chi connectivity index (χ4n) is 2.98. The molecule has 1 aliphatic carbocycles. The van der Waals surface area contributed by atoms with Gasteiger partial charge in [-0.25, -0.2) is 9.97 Å². The summed E-state index contributed by atoms with van der Waals surface area (Å²) in [6.07, 6.45) is 5.27. The van der Waals surface area contributed by atoms with Crippen molar-refractivity contribution in [3.8, 4) is 0 Å². The molecule has 4 heteroatoms. The highest BCUT2D eigenvalue weighted by atomic mass is 32.1. The third kappa shape index (κ3) is 2.10. The first-order chi connectivity index (χ1) is 10.2. The average Bonchev–Trinajstić information content (AvgIpc) is 3.03. The van der Waals surface area contributed by atoms with Crippen LogP contribution in [0.15, 0.2) is 24.5 Å². The fraction of sp³-hybridized carbons (Fsp3) is 0.294. The van der Waals surface area contributed by atoms with E-state index in [1.807, 2.05) is 11.3 Å². The molecule has 0 bridgehead atoms. The molecule has 0 saturated heterocycles. The quantitative estimate of drug-likeness (QED) is 0.754. The summed E-state index contributed by atoms with van der Waals surface area (Å²) in [6.45, 7) is 4.27. The normalized spacial score (nSPS) is 13.6. The number of aryl methyl sites for hydroxylation is 4.